The van der Waals surface area contributed by atoms with Crippen molar-refractivity contribution in [3.63, 3.8) is 0 Å². The molecule has 0 bridgehead atoms. The summed E-state index contributed by atoms with van der Waals surface area (Å²) in [6.07, 6.45) is 4.27. The standard InChI is InChI=1S/C21H17ClN4O3/c1-2-10-26-17-8-7-14(12-16(17)23-20(27)21(26)28)19-24-18(29-25-19)9-6-13-4-3-5-15(22)11-13/h3-9,11-12H,2,10H2,1H3,(H,23,27). The number of H-pyrrole nitrogens is 1. The zero-order valence-corrected chi connectivity index (χ0v) is 16.3. The largest absolute Gasteiger partial charge is 0.334 e. The van der Waals surface area contributed by atoms with Crippen LogP contribution in [-0.4, -0.2) is 19.7 Å². The van der Waals surface area contributed by atoms with E-state index in [4.69, 9.17) is 16.1 Å². The van der Waals surface area contributed by atoms with E-state index in [1.165, 1.54) is 4.57 Å². The number of aromatic amines is 1. The maximum absolute atomic E-state index is 12.1. The molecule has 0 aliphatic heterocycles. The Morgan fingerprint density at radius 2 is 2.03 bits per heavy atom. The number of hydrogen-bond acceptors (Lipinski definition) is 5. The summed E-state index contributed by atoms with van der Waals surface area (Å²) in [4.78, 5) is 31.1. The molecule has 7 nitrogen and oxygen atoms in total. The van der Waals surface area contributed by atoms with Crippen molar-refractivity contribution in [2.75, 3.05) is 0 Å². The summed E-state index contributed by atoms with van der Waals surface area (Å²) in [6.45, 7) is 2.42. The summed E-state index contributed by atoms with van der Waals surface area (Å²) >= 11 is 5.98. The highest BCUT2D eigenvalue weighted by atomic mass is 35.5. The summed E-state index contributed by atoms with van der Waals surface area (Å²) < 4.78 is 6.76. The molecule has 1 N–H and O–H groups in total. The molecule has 2 aromatic carbocycles. The van der Waals surface area contributed by atoms with Crippen LogP contribution in [-0.2, 0) is 6.54 Å². The van der Waals surface area contributed by atoms with Crippen molar-refractivity contribution in [3.8, 4) is 11.4 Å². The van der Waals surface area contributed by atoms with Gasteiger partial charge in [0.2, 0.25) is 5.82 Å². The van der Waals surface area contributed by atoms with Crippen LogP contribution in [0.5, 0.6) is 0 Å². The average molecular weight is 409 g/mol. The zero-order valence-electron chi connectivity index (χ0n) is 15.6. The second-order valence-corrected chi connectivity index (χ2v) is 6.92. The van der Waals surface area contributed by atoms with Crippen LogP contribution in [0.2, 0.25) is 5.02 Å². The normalized spacial score (nSPS) is 11.5. The van der Waals surface area contributed by atoms with Crippen molar-refractivity contribution in [1.29, 1.82) is 0 Å². The van der Waals surface area contributed by atoms with Crippen molar-refractivity contribution in [1.82, 2.24) is 19.7 Å². The molecule has 2 heterocycles. The second-order valence-electron chi connectivity index (χ2n) is 6.49. The molecule has 0 saturated carbocycles. The van der Waals surface area contributed by atoms with E-state index in [2.05, 4.69) is 15.1 Å². The van der Waals surface area contributed by atoms with E-state index in [0.717, 1.165) is 12.0 Å². The third-order valence-electron chi connectivity index (χ3n) is 4.39. The lowest BCUT2D eigenvalue weighted by Gasteiger charge is -2.08. The summed E-state index contributed by atoms with van der Waals surface area (Å²) in [5, 5.41) is 4.64. The number of nitrogens with one attached hydrogen (secondary N) is 1. The zero-order chi connectivity index (χ0) is 20.4. The van der Waals surface area contributed by atoms with Gasteiger partial charge < -0.3 is 14.1 Å². The molecular formula is C21H17ClN4O3. The third-order valence-corrected chi connectivity index (χ3v) is 4.62. The van der Waals surface area contributed by atoms with E-state index in [1.54, 1.807) is 30.3 Å². The van der Waals surface area contributed by atoms with Crippen LogP contribution in [0, 0.1) is 0 Å². The highest BCUT2D eigenvalue weighted by Gasteiger charge is 2.11. The molecule has 0 radical (unpaired) electrons. The van der Waals surface area contributed by atoms with Gasteiger partial charge in [-0.15, -0.1) is 0 Å². The van der Waals surface area contributed by atoms with E-state index in [-0.39, 0.29) is 0 Å². The molecule has 2 aromatic heterocycles. The number of nitrogens with zero attached hydrogens (tertiary/aromatic N) is 3. The van der Waals surface area contributed by atoms with Gasteiger partial charge >= 0.3 is 11.1 Å². The maximum atomic E-state index is 12.1. The predicted molar refractivity (Wildman–Crippen MR) is 113 cm³/mol. The number of aryl methyl sites for hydroxylation is 1. The number of aromatic nitrogens is 4. The van der Waals surface area contributed by atoms with E-state index >= 15 is 0 Å². The first-order valence-electron chi connectivity index (χ1n) is 9.10. The van der Waals surface area contributed by atoms with Gasteiger partial charge in [-0.25, -0.2) is 0 Å². The number of rotatable bonds is 5. The molecule has 0 atom stereocenters. The second kappa shape index (κ2) is 7.89. The minimum absolute atomic E-state index is 0.338. The molecule has 0 aliphatic rings. The van der Waals surface area contributed by atoms with Gasteiger partial charge in [0.1, 0.15) is 0 Å². The predicted octanol–water partition coefficient (Wildman–Crippen LogP) is 3.97. The maximum Gasteiger partial charge on any atom is 0.316 e. The summed E-state index contributed by atoms with van der Waals surface area (Å²) in [7, 11) is 0. The number of benzene rings is 2. The van der Waals surface area contributed by atoms with Gasteiger partial charge in [0.15, 0.2) is 0 Å². The van der Waals surface area contributed by atoms with Crippen molar-refractivity contribution in [2.24, 2.45) is 0 Å². The molecule has 8 heteroatoms. The Morgan fingerprint density at radius 1 is 1.17 bits per heavy atom. The van der Waals surface area contributed by atoms with Gasteiger partial charge in [-0.1, -0.05) is 35.8 Å². The van der Waals surface area contributed by atoms with Crippen molar-refractivity contribution in [3.05, 3.63) is 79.6 Å². The molecule has 0 unspecified atom stereocenters. The van der Waals surface area contributed by atoms with Gasteiger partial charge in [0.25, 0.3) is 5.89 Å². The molecule has 4 rings (SSSR count). The Hall–Kier alpha value is -3.45. The van der Waals surface area contributed by atoms with E-state index < -0.39 is 11.1 Å². The number of halogens is 1. The van der Waals surface area contributed by atoms with Crippen LogP contribution in [0.1, 0.15) is 24.8 Å². The quantitative estimate of drug-likeness (QED) is 0.504. The minimum atomic E-state index is -0.652. The van der Waals surface area contributed by atoms with Crippen molar-refractivity contribution >= 4 is 34.8 Å². The van der Waals surface area contributed by atoms with Crippen LogP contribution in [0.25, 0.3) is 34.6 Å². The summed E-state index contributed by atoms with van der Waals surface area (Å²) in [5.41, 5.74) is 1.57. The Morgan fingerprint density at radius 3 is 2.83 bits per heavy atom. The van der Waals surface area contributed by atoms with Crippen LogP contribution in [0.15, 0.2) is 56.6 Å². The van der Waals surface area contributed by atoms with Crippen LogP contribution in [0.4, 0.5) is 0 Å². The van der Waals surface area contributed by atoms with E-state index in [9.17, 15) is 9.59 Å². The topological polar surface area (TPSA) is 93.8 Å². The molecular weight excluding hydrogens is 392 g/mol. The fraction of sp³-hybridized carbons (Fsp3) is 0.143. The Balaban J connectivity index is 1.68. The molecule has 0 amide bonds. The van der Waals surface area contributed by atoms with E-state index in [1.807, 2.05) is 31.2 Å². The lowest BCUT2D eigenvalue weighted by molar-refractivity contribution is 0.411. The van der Waals surface area contributed by atoms with Gasteiger partial charge in [0.05, 0.1) is 11.0 Å². The van der Waals surface area contributed by atoms with Gasteiger partial charge in [-0.05, 0) is 48.4 Å². The first kappa shape index (κ1) is 18.9. The molecule has 146 valence electrons. The number of fused-ring (bicyclic) bond motifs is 1. The Bertz CT molecular complexity index is 1330. The fourth-order valence-corrected chi connectivity index (χ4v) is 3.26. The van der Waals surface area contributed by atoms with Crippen LogP contribution < -0.4 is 11.1 Å². The molecule has 0 spiro atoms. The Kier molecular flexibility index (Phi) is 5.14. The van der Waals surface area contributed by atoms with Gasteiger partial charge in [-0.3, -0.25) is 9.59 Å². The molecule has 0 fully saturated rings. The van der Waals surface area contributed by atoms with E-state index in [0.29, 0.717) is 39.9 Å². The summed E-state index contributed by atoms with van der Waals surface area (Å²) in [6, 6.07) is 12.7. The lowest BCUT2D eigenvalue weighted by Crippen LogP contribution is -2.36. The molecule has 29 heavy (non-hydrogen) atoms. The third kappa shape index (κ3) is 3.90. The first-order valence-corrected chi connectivity index (χ1v) is 9.47. The van der Waals surface area contributed by atoms with Crippen molar-refractivity contribution < 1.29 is 4.52 Å². The van der Waals surface area contributed by atoms with Crippen LogP contribution >= 0.6 is 11.6 Å². The monoisotopic (exact) mass is 408 g/mol. The van der Waals surface area contributed by atoms with Crippen LogP contribution in [0.3, 0.4) is 0 Å². The Labute approximate surface area is 170 Å². The lowest BCUT2D eigenvalue weighted by atomic mass is 10.1. The van der Waals surface area contributed by atoms with Crippen molar-refractivity contribution in [2.45, 2.75) is 19.9 Å². The molecule has 4 aromatic rings. The smallest absolute Gasteiger partial charge is 0.316 e. The molecule has 0 aliphatic carbocycles. The van der Waals surface area contributed by atoms with Gasteiger partial charge in [-0.2, -0.15) is 4.98 Å². The van der Waals surface area contributed by atoms with Gasteiger partial charge in [0, 0.05) is 23.2 Å². The molecule has 0 saturated heterocycles. The highest BCUT2D eigenvalue weighted by molar-refractivity contribution is 6.30. The first-order chi connectivity index (χ1) is 14.0. The summed E-state index contributed by atoms with van der Waals surface area (Å²) in [5.74, 6) is 0.719. The minimum Gasteiger partial charge on any atom is -0.334 e. The fourth-order valence-electron chi connectivity index (χ4n) is 3.06. The highest BCUT2D eigenvalue weighted by Crippen LogP contribution is 2.21. The SMILES string of the molecule is CCCn1c(=O)c(=O)[nH]c2cc(-c3noc(C=Cc4cccc(Cl)c4)n3)ccc21. The number of hydrogen-bond donors (Lipinski definition) is 1. The average Bonchev–Trinajstić information content (AvgIpc) is 3.19.